The van der Waals surface area contributed by atoms with Gasteiger partial charge in [0.25, 0.3) is 0 Å². The lowest BCUT2D eigenvalue weighted by atomic mass is 10.1. The molecule has 2 rings (SSSR count). The summed E-state index contributed by atoms with van der Waals surface area (Å²) in [4.78, 5) is 0. The molecule has 1 N–H and O–H groups in total. The molecule has 0 saturated heterocycles. The zero-order valence-corrected chi connectivity index (χ0v) is 12.3. The predicted molar refractivity (Wildman–Crippen MR) is 77.3 cm³/mol. The van der Waals surface area contributed by atoms with Gasteiger partial charge in [0.05, 0.1) is 4.47 Å². The standard InChI is InChI=1S/C15H14BrF2N/c1-9-3-4-12(17)6-11(9)8-19-15-7-14(18)13(16)5-10(15)2/h3-7,19H,8H2,1-2H3. The van der Waals surface area contributed by atoms with Crippen molar-refractivity contribution in [2.45, 2.75) is 20.4 Å². The Morgan fingerprint density at radius 1 is 1.05 bits per heavy atom. The van der Waals surface area contributed by atoms with Crippen LogP contribution < -0.4 is 5.32 Å². The second-order valence-electron chi connectivity index (χ2n) is 4.51. The average molecular weight is 326 g/mol. The molecule has 0 fully saturated rings. The molecule has 0 aromatic heterocycles. The molecule has 2 aromatic rings. The van der Waals surface area contributed by atoms with Gasteiger partial charge in [-0.1, -0.05) is 6.07 Å². The molecule has 100 valence electrons. The number of anilines is 1. The summed E-state index contributed by atoms with van der Waals surface area (Å²) in [6.07, 6.45) is 0. The predicted octanol–water partition coefficient (Wildman–Crippen LogP) is 4.96. The fourth-order valence-corrected chi connectivity index (χ4v) is 2.32. The van der Waals surface area contributed by atoms with Crippen LogP contribution in [0.1, 0.15) is 16.7 Å². The molecule has 0 atom stereocenters. The van der Waals surface area contributed by atoms with Gasteiger partial charge in [0.15, 0.2) is 0 Å². The molecular formula is C15H14BrF2N. The summed E-state index contributed by atoms with van der Waals surface area (Å²) < 4.78 is 27.1. The fourth-order valence-electron chi connectivity index (χ4n) is 1.86. The van der Waals surface area contributed by atoms with Crippen LogP contribution in [-0.2, 0) is 6.54 Å². The first kappa shape index (κ1) is 14.0. The van der Waals surface area contributed by atoms with Gasteiger partial charge in [0.2, 0.25) is 0 Å². The summed E-state index contributed by atoms with van der Waals surface area (Å²) >= 11 is 3.14. The van der Waals surface area contributed by atoms with Crippen LogP contribution in [0.25, 0.3) is 0 Å². The van der Waals surface area contributed by atoms with Gasteiger partial charge >= 0.3 is 0 Å². The lowest BCUT2D eigenvalue weighted by Gasteiger charge is -2.12. The van der Waals surface area contributed by atoms with Gasteiger partial charge in [-0.15, -0.1) is 0 Å². The molecule has 0 heterocycles. The molecule has 0 aliphatic heterocycles. The van der Waals surface area contributed by atoms with E-state index in [1.54, 1.807) is 12.1 Å². The maximum atomic E-state index is 13.5. The quantitative estimate of drug-likeness (QED) is 0.841. The van der Waals surface area contributed by atoms with Crippen molar-refractivity contribution in [2.75, 3.05) is 5.32 Å². The highest BCUT2D eigenvalue weighted by Gasteiger charge is 2.06. The van der Waals surface area contributed by atoms with E-state index in [-0.39, 0.29) is 11.6 Å². The Balaban J connectivity index is 2.19. The van der Waals surface area contributed by atoms with Crippen LogP contribution in [-0.4, -0.2) is 0 Å². The summed E-state index contributed by atoms with van der Waals surface area (Å²) in [5, 5.41) is 3.14. The van der Waals surface area contributed by atoms with E-state index in [9.17, 15) is 8.78 Å². The number of aryl methyl sites for hydroxylation is 2. The van der Waals surface area contributed by atoms with Crippen LogP contribution in [0.4, 0.5) is 14.5 Å². The van der Waals surface area contributed by atoms with Crippen molar-refractivity contribution in [3.63, 3.8) is 0 Å². The van der Waals surface area contributed by atoms with Gasteiger partial charge in [-0.2, -0.15) is 0 Å². The van der Waals surface area contributed by atoms with Gasteiger partial charge in [-0.25, -0.2) is 8.78 Å². The van der Waals surface area contributed by atoms with E-state index in [0.717, 1.165) is 16.7 Å². The Kier molecular flexibility index (Phi) is 4.20. The largest absolute Gasteiger partial charge is 0.381 e. The van der Waals surface area contributed by atoms with Crippen LogP contribution >= 0.6 is 15.9 Å². The summed E-state index contributed by atoms with van der Waals surface area (Å²) in [5.41, 5.74) is 3.51. The summed E-state index contributed by atoms with van der Waals surface area (Å²) in [6, 6.07) is 7.82. The monoisotopic (exact) mass is 325 g/mol. The van der Waals surface area contributed by atoms with E-state index in [0.29, 0.717) is 16.7 Å². The first-order chi connectivity index (χ1) is 8.97. The molecule has 1 nitrogen and oxygen atoms in total. The van der Waals surface area contributed by atoms with E-state index in [2.05, 4.69) is 21.2 Å². The van der Waals surface area contributed by atoms with Crippen LogP contribution in [0, 0.1) is 25.5 Å². The van der Waals surface area contributed by atoms with Gasteiger partial charge in [0, 0.05) is 12.2 Å². The second kappa shape index (κ2) is 5.70. The van der Waals surface area contributed by atoms with Crippen LogP contribution in [0.3, 0.4) is 0 Å². The summed E-state index contributed by atoms with van der Waals surface area (Å²) in [5.74, 6) is -0.579. The van der Waals surface area contributed by atoms with Crippen molar-refractivity contribution < 1.29 is 8.78 Å². The highest BCUT2D eigenvalue weighted by Crippen LogP contribution is 2.24. The molecule has 0 amide bonds. The van der Waals surface area contributed by atoms with E-state index < -0.39 is 0 Å². The molecule has 0 bridgehead atoms. The molecule has 0 unspecified atom stereocenters. The zero-order chi connectivity index (χ0) is 14.0. The zero-order valence-electron chi connectivity index (χ0n) is 10.7. The van der Waals surface area contributed by atoms with E-state index >= 15 is 0 Å². The Hall–Kier alpha value is -1.42. The van der Waals surface area contributed by atoms with Crippen molar-refractivity contribution in [3.8, 4) is 0 Å². The molecule has 0 aliphatic rings. The minimum absolute atomic E-state index is 0.263. The van der Waals surface area contributed by atoms with Gasteiger partial charge in [-0.05, 0) is 70.7 Å². The Morgan fingerprint density at radius 3 is 2.53 bits per heavy atom. The molecule has 4 heteroatoms. The van der Waals surface area contributed by atoms with Crippen LogP contribution in [0.2, 0.25) is 0 Å². The second-order valence-corrected chi connectivity index (χ2v) is 5.36. The third-order valence-corrected chi connectivity index (χ3v) is 3.66. The van der Waals surface area contributed by atoms with Crippen LogP contribution in [0.5, 0.6) is 0 Å². The average Bonchev–Trinajstić information content (AvgIpc) is 2.36. The SMILES string of the molecule is Cc1ccc(F)cc1CNc1cc(F)c(Br)cc1C. The highest BCUT2D eigenvalue weighted by atomic mass is 79.9. The third-order valence-electron chi connectivity index (χ3n) is 3.05. The highest BCUT2D eigenvalue weighted by molar-refractivity contribution is 9.10. The molecule has 19 heavy (non-hydrogen) atoms. The fraction of sp³-hybridized carbons (Fsp3) is 0.200. The lowest BCUT2D eigenvalue weighted by molar-refractivity contribution is 0.620. The van der Waals surface area contributed by atoms with Gasteiger partial charge < -0.3 is 5.32 Å². The molecule has 2 aromatic carbocycles. The first-order valence-electron chi connectivity index (χ1n) is 5.92. The number of rotatable bonds is 3. The molecule has 0 spiro atoms. The summed E-state index contributed by atoms with van der Waals surface area (Å²) in [7, 11) is 0. The number of nitrogens with one attached hydrogen (secondary N) is 1. The Labute approximate surface area is 119 Å². The normalized spacial score (nSPS) is 10.6. The number of benzene rings is 2. The van der Waals surface area contributed by atoms with Gasteiger partial charge in [-0.3, -0.25) is 0 Å². The maximum Gasteiger partial charge on any atom is 0.139 e. The number of hydrogen-bond donors (Lipinski definition) is 1. The van der Waals surface area contributed by atoms with E-state index in [4.69, 9.17) is 0 Å². The Morgan fingerprint density at radius 2 is 1.79 bits per heavy atom. The van der Waals surface area contributed by atoms with E-state index in [1.807, 2.05) is 13.8 Å². The first-order valence-corrected chi connectivity index (χ1v) is 6.71. The van der Waals surface area contributed by atoms with Crippen molar-refractivity contribution in [1.82, 2.24) is 0 Å². The number of halogens is 3. The lowest BCUT2D eigenvalue weighted by Crippen LogP contribution is -2.04. The molecule has 0 saturated carbocycles. The van der Waals surface area contributed by atoms with Crippen molar-refractivity contribution in [3.05, 3.63) is 63.1 Å². The van der Waals surface area contributed by atoms with Crippen molar-refractivity contribution in [2.24, 2.45) is 0 Å². The number of hydrogen-bond acceptors (Lipinski definition) is 1. The van der Waals surface area contributed by atoms with Crippen molar-refractivity contribution in [1.29, 1.82) is 0 Å². The topological polar surface area (TPSA) is 12.0 Å². The summed E-state index contributed by atoms with van der Waals surface area (Å²) in [6.45, 7) is 4.28. The Bertz CT molecular complexity index is 611. The minimum Gasteiger partial charge on any atom is -0.381 e. The molecule has 0 aliphatic carbocycles. The van der Waals surface area contributed by atoms with Crippen molar-refractivity contribution >= 4 is 21.6 Å². The molecular weight excluding hydrogens is 312 g/mol. The smallest absolute Gasteiger partial charge is 0.139 e. The maximum absolute atomic E-state index is 13.5. The minimum atomic E-state index is -0.316. The third kappa shape index (κ3) is 3.32. The van der Waals surface area contributed by atoms with Crippen LogP contribution in [0.15, 0.2) is 34.8 Å². The molecule has 0 radical (unpaired) electrons. The van der Waals surface area contributed by atoms with E-state index in [1.165, 1.54) is 18.2 Å². The van der Waals surface area contributed by atoms with Gasteiger partial charge in [0.1, 0.15) is 11.6 Å².